The van der Waals surface area contributed by atoms with Gasteiger partial charge in [0.25, 0.3) is 5.91 Å². The van der Waals surface area contributed by atoms with E-state index in [0.29, 0.717) is 5.56 Å². The van der Waals surface area contributed by atoms with Crippen LogP contribution in [-0.2, 0) is 0 Å². The number of hydrogen-bond donors (Lipinski definition) is 2. The van der Waals surface area contributed by atoms with Crippen LogP contribution < -0.4 is 5.32 Å². The zero-order chi connectivity index (χ0) is 15.0. The first-order valence-corrected chi connectivity index (χ1v) is 7.78. The summed E-state index contributed by atoms with van der Waals surface area (Å²) < 4.78 is 1.07. The van der Waals surface area contributed by atoms with E-state index in [2.05, 4.69) is 39.0 Å². The molecule has 0 unspecified atom stereocenters. The highest BCUT2D eigenvalue weighted by molar-refractivity contribution is 14.1. The van der Waals surface area contributed by atoms with Gasteiger partial charge in [0.2, 0.25) is 0 Å². The monoisotopic (exact) mass is 390 g/mol. The summed E-state index contributed by atoms with van der Waals surface area (Å²) in [6.45, 7) is 4.05. The van der Waals surface area contributed by atoms with Gasteiger partial charge in [-0.2, -0.15) is 0 Å². The Labute approximate surface area is 136 Å². The van der Waals surface area contributed by atoms with E-state index in [9.17, 15) is 4.79 Å². The van der Waals surface area contributed by atoms with Crippen LogP contribution in [0.4, 0.5) is 5.69 Å². The molecule has 0 spiro atoms. The third-order valence-electron chi connectivity index (χ3n) is 3.38. The molecule has 1 heterocycles. The zero-order valence-corrected chi connectivity index (χ0v) is 14.0. The third kappa shape index (κ3) is 2.81. The van der Waals surface area contributed by atoms with Gasteiger partial charge < -0.3 is 10.3 Å². The molecule has 0 atom stereocenters. The molecule has 0 aliphatic heterocycles. The van der Waals surface area contributed by atoms with E-state index in [1.807, 2.05) is 44.2 Å². The number of H-pyrrole nitrogens is 1. The van der Waals surface area contributed by atoms with Crippen LogP contribution in [0.25, 0.3) is 10.9 Å². The lowest BCUT2D eigenvalue weighted by Gasteiger charge is -2.07. The summed E-state index contributed by atoms with van der Waals surface area (Å²) in [5, 5.41) is 3.96. The number of rotatable bonds is 2. The van der Waals surface area contributed by atoms with Crippen molar-refractivity contribution in [2.75, 3.05) is 5.32 Å². The average Bonchev–Trinajstić information content (AvgIpc) is 2.82. The molecule has 3 nitrogen and oxygen atoms in total. The number of halogens is 1. The first-order chi connectivity index (χ1) is 10.0. The van der Waals surface area contributed by atoms with Gasteiger partial charge in [-0.25, -0.2) is 0 Å². The second-order valence-corrected chi connectivity index (χ2v) is 6.36. The fraction of sp³-hybridized carbons (Fsp3) is 0.118. The van der Waals surface area contributed by atoms with Gasteiger partial charge in [0.05, 0.1) is 5.56 Å². The molecule has 1 amide bonds. The predicted molar refractivity (Wildman–Crippen MR) is 94.9 cm³/mol. The molecule has 106 valence electrons. The predicted octanol–water partition coefficient (Wildman–Crippen LogP) is 4.64. The minimum Gasteiger partial charge on any atom is -0.360 e. The number of amides is 1. The van der Waals surface area contributed by atoms with Gasteiger partial charge in [-0.15, -0.1) is 0 Å². The summed E-state index contributed by atoms with van der Waals surface area (Å²) in [7, 11) is 0. The lowest BCUT2D eigenvalue weighted by molar-refractivity contribution is 0.102. The van der Waals surface area contributed by atoms with Crippen LogP contribution in [-0.4, -0.2) is 10.9 Å². The van der Waals surface area contributed by atoms with Crippen molar-refractivity contribution >= 4 is 45.1 Å². The standard InChI is InChI=1S/C17H15IN2O/c1-10-6-11(2)8-12(7-10)20-17(21)13-9-19-15-5-3-4-14(18)16(13)15/h3-9,19H,1-2H3,(H,20,21). The maximum absolute atomic E-state index is 12.5. The Balaban J connectivity index is 1.97. The van der Waals surface area contributed by atoms with Crippen molar-refractivity contribution in [1.29, 1.82) is 0 Å². The van der Waals surface area contributed by atoms with Gasteiger partial charge in [0.15, 0.2) is 0 Å². The molecule has 0 aliphatic carbocycles. The first-order valence-electron chi connectivity index (χ1n) is 6.70. The molecule has 2 aromatic carbocycles. The summed E-state index contributed by atoms with van der Waals surface area (Å²) in [5.41, 5.74) is 4.76. The van der Waals surface area contributed by atoms with Crippen LogP contribution in [0.5, 0.6) is 0 Å². The minimum absolute atomic E-state index is 0.0876. The van der Waals surface area contributed by atoms with Crippen molar-refractivity contribution in [2.45, 2.75) is 13.8 Å². The molecule has 3 rings (SSSR count). The van der Waals surface area contributed by atoms with Crippen LogP contribution in [0, 0.1) is 17.4 Å². The summed E-state index contributed by atoms with van der Waals surface area (Å²) >= 11 is 2.26. The van der Waals surface area contributed by atoms with E-state index in [1.54, 1.807) is 6.20 Å². The van der Waals surface area contributed by atoms with Gasteiger partial charge >= 0.3 is 0 Å². The summed E-state index contributed by atoms with van der Waals surface area (Å²) in [6, 6.07) is 12.0. The molecule has 0 saturated heterocycles. The number of aryl methyl sites for hydroxylation is 2. The molecule has 0 aliphatic rings. The lowest BCUT2D eigenvalue weighted by atomic mass is 10.1. The second-order valence-electron chi connectivity index (χ2n) is 5.20. The van der Waals surface area contributed by atoms with Gasteiger partial charge in [-0.05, 0) is 71.8 Å². The van der Waals surface area contributed by atoms with Crippen molar-refractivity contribution in [3.63, 3.8) is 0 Å². The summed E-state index contributed by atoms with van der Waals surface area (Å²) in [6.07, 6.45) is 1.77. The normalized spacial score (nSPS) is 10.8. The smallest absolute Gasteiger partial charge is 0.257 e. The van der Waals surface area contributed by atoms with Crippen LogP contribution in [0.3, 0.4) is 0 Å². The minimum atomic E-state index is -0.0876. The Hall–Kier alpha value is -1.82. The molecular weight excluding hydrogens is 375 g/mol. The van der Waals surface area contributed by atoms with Gasteiger partial charge in [-0.3, -0.25) is 4.79 Å². The molecule has 2 N–H and O–H groups in total. The zero-order valence-electron chi connectivity index (χ0n) is 11.8. The molecule has 21 heavy (non-hydrogen) atoms. The molecule has 4 heteroatoms. The van der Waals surface area contributed by atoms with Crippen LogP contribution >= 0.6 is 22.6 Å². The van der Waals surface area contributed by atoms with Gasteiger partial charge in [-0.1, -0.05) is 12.1 Å². The second kappa shape index (κ2) is 5.52. The van der Waals surface area contributed by atoms with Crippen molar-refractivity contribution in [3.05, 3.63) is 62.9 Å². The number of anilines is 1. The molecule has 3 aromatic rings. The van der Waals surface area contributed by atoms with Crippen molar-refractivity contribution in [1.82, 2.24) is 4.98 Å². The van der Waals surface area contributed by atoms with E-state index >= 15 is 0 Å². The SMILES string of the molecule is Cc1cc(C)cc(NC(=O)c2c[nH]c3cccc(I)c23)c1. The molecule has 1 aromatic heterocycles. The summed E-state index contributed by atoms with van der Waals surface area (Å²) in [5.74, 6) is -0.0876. The highest BCUT2D eigenvalue weighted by Gasteiger charge is 2.14. The maximum Gasteiger partial charge on any atom is 0.257 e. The number of aromatic nitrogens is 1. The first kappa shape index (κ1) is 14.1. The van der Waals surface area contributed by atoms with E-state index in [4.69, 9.17) is 0 Å². The Morgan fingerprint density at radius 1 is 1.14 bits per heavy atom. The molecule has 0 fully saturated rings. The van der Waals surface area contributed by atoms with Crippen molar-refractivity contribution in [3.8, 4) is 0 Å². The van der Waals surface area contributed by atoms with Gasteiger partial charge in [0, 0.05) is 26.4 Å². The maximum atomic E-state index is 12.5. The number of fused-ring (bicyclic) bond motifs is 1. The molecule has 0 saturated carbocycles. The van der Waals surface area contributed by atoms with Crippen molar-refractivity contribution < 1.29 is 4.79 Å². The van der Waals surface area contributed by atoms with Gasteiger partial charge in [0.1, 0.15) is 0 Å². The fourth-order valence-electron chi connectivity index (χ4n) is 2.56. The Morgan fingerprint density at radius 3 is 2.57 bits per heavy atom. The van der Waals surface area contributed by atoms with E-state index in [0.717, 1.165) is 31.3 Å². The number of nitrogens with one attached hydrogen (secondary N) is 2. The molecule has 0 bridgehead atoms. The number of benzene rings is 2. The van der Waals surface area contributed by atoms with Crippen LogP contribution in [0.15, 0.2) is 42.6 Å². The average molecular weight is 390 g/mol. The number of carbonyl (C=O) groups excluding carboxylic acids is 1. The fourth-order valence-corrected chi connectivity index (χ4v) is 3.35. The quantitative estimate of drug-likeness (QED) is 0.616. The highest BCUT2D eigenvalue weighted by Crippen LogP contribution is 2.25. The Bertz CT molecular complexity index is 816. The van der Waals surface area contributed by atoms with E-state index in [1.165, 1.54) is 0 Å². The van der Waals surface area contributed by atoms with E-state index < -0.39 is 0 Å². The summed E-state index contributed by atoms with van der Waals surface area (Å²) in [4.78, 5) is 15.7. The molecule has 0 radical (unpaired) electrons. The van der Waals surface area contributed by atoms with Crippen LogP contribution in [0.2, 0.25) is 0 Å². The lowest BCUT2D eigenvalue weighted by Crippen LogP contribution is -2.11. The Morgan fingerprint density at radius 2 is 1.86 bits per heavy atom. The van der Waals surface area contributed by atoms with Crippen LogP contribution in [0.1, 0.15) is 21.5 Å². The van der Waals surface area contributed by atoms with E-state index in [-0.39, 0.29) is 5.91 Å². The largest absolute Gasteiger partial charge is 0.360 e. The van der Waals surface area contributed by atoms with Crippen molar-refractivity contribution in [2.24, 2.45) is 0 Å². The molecular formula is C17H15IN2O. The Kier molecular flexibility index (Phi) is 3.71. The topological polar surface area (TPSA) is 44.9 Å². The third-order valence-corrected chi connectivity index (χ3v) is 4.28. The number of hydrogen-bond acceptors (Lipinski definition) is 1. The number of aromatic amines is 1. The highest BCUT2D eigenvalue weighted by atomic mass is 127. The number of carbonyl (C=O) groups is 1.